The fourth-order valence-corrected chi connectivity index (χ4v) is 16.3. The molecule has 0 saturated carbocycles. The van der Waals surface area contributed by atoms with Crippen molar-refractivity contribution < 1.29 is 0 Å². The van der Waals surface area contributed by atoms with Gasteiger partial charge in [0, 0.05) is 10.8 Å². The van der Waals surface area contributed by atoms with Crippen LogP contribution in [0.15, 0.2) is 267 Å². The first-order valence-electron chi connectivity index (χ1n) is 29.8. The maximum atomic E-state index is 2.55. The molecule has 0 bridgehead atoms. The normalized spacial score (nSPS) is 13.9. The highest BCUT2D eigenvalue weighted by Gasteiger charge is 2.38. The zero-order valence-corrected chi connectivity index (χ0v) is 47.4. The third-order valence-electron chi connectivity index (χ3n) is 20.0. The van der Waals surface area contributed by atoms with E-state index < -0.39 is 0 Å². The molecule has 0 fully saturated rings. The highest BCUT2D eigenvalue weighted by atomic mass is 14.4. The van der Waals surface area contributed by atoms with Crippen molar-refractivity contribution in [2.75, 3.05) is 0 Å². The first kappa shape index (κ1) is 47.5. The molecule has 18 rings (SSSR count). The van der Waals surface area contributed by atoms with E-state index in [2.05, 4.69) is 295 Å². The summed E-state index contributed by atoms with van der Waals surface area (Å²) >= 11 is 0. The molecule has 4 aliphatic carbocycles. The summed E-state index contributed by atoms with van der Waals surface area (Å²) < 4.78 is 0. The van der Waals surface area contributed by atoms with Gasteiger partial charge in [0.1, 0.15) is 0 Å². The van der Waals surface area contributed by atoms with Crippen molar-refractivity contribution in [3.63, 3.8) is 0 Å². The van der Waals surface area contributed by atoms with Crippen LogP contribution >= 0.6 is 0 Å². The molecule has 0 heterocycles. The number of fused-ring (bicyclic) bond motifs is 10. The van der Waals surface area contributed by atoms with Crippen molar-refractivity contribution in [2.45, 2.75) is 38.5 Å². The Morgan fingerprint density at radius 3 is 0.869 bits per heavy atom. The van der Waals surface area contributed by atoms with Gasteiger partial charge in [-0.3, -0.25) is 0 Å². The smallest absolute Gasteiger partial charge is 0.0159 e. The van der Waals surface area contributed by atoms with Gasteiger partial charge in [-0.15, -0.1) is 0 Å². The SMILES string of the molecule is CC1(C)c2ccccc2-c2ccc(-c3c4c(c(-c5ccc6c(c5)C(C)(C)c5ccccc5-6)c5ccccc35)=c3ccc5c6c(ccc=4c36)=c3c(-c4ccccc4-c4ccccc4)c4ccccc4c(-c4ccccc4-c4ccccc4)c3=5)cc21. The third kappa shape index (κ3) is 6.27. The van der Waals surface area contributed by atoms with Gasteiger partial charge in [0.2, 0.25) is 0 Å². The molecule has 0 radical (unpaired) electrons. The van der Waals surface area contributed by atoms with Crippen LogP contribution in [0.4, 0.5) is 0 Å². The average Bonchev–Trinajstić information content (AvgIpc) is 1.58. The molecule has 14 aromatic rings. The van der Waals surface area contributed by atoms with Crippen LogP contribution in [0.1, 0.15) is 49.9 Å². The van der Waals surface area contributed by atoms with E-state index in [1.807, 2.05) is 0 Å². The molecule has 84 heavy (non-hydrogen) atoms. The molecule has 0 amide bonds. The number of rotatable bonds is 6. The van der Waals surface area contributed by atoms with E-state index in [0.29, 0.717) is 0 Å². The van der Waals surface area contributed by atoms with Crippen LogP contribution in [-0.4, -0.2) is 0 Å². The Kier molecular flexibility index (Phi) is 9.73. The van der Waals surface area contributed by atoms with E-state index in [-0.39, 0.29) is 10.8 Å². The van der Waals surface area contributed by atoms with Crippen LogP contribution in [0.25, 0.3) is 121 Å². The summed E-state index contributed by atoms with van der Waals surface area (Å²) in [5, 5.41) is 18.2. The van der Waals surface area contributed by atoms with Crippen LogP contribution in [0.3, 0.4) is 0 Å². The molecule has 0 N–H and O–H groups in total. The predicted molar refractivity (Wildman–Crippen MR) is 350 cm³/mol. The van der Waals surface area contributed by atoms with Gasteiger partial charge in [0.25, 0.3) is 0 Å². The largest absolute Gasteiger partial charge is 0.0622 e. The minimum absolute atomic E-state index is 0.163. The summed E-state index contributed by atoms with van der Waals surface area (Å²) in [6.07, 6.45) is 0. The zero-order chi connectivity index (χ0) is 55.7. The van der Waals surface area contributed by atoms with Gasteiger partial charge in [0.05, 0.1) is 0 Å². The van der Waals surface area contributed by atoms with Crippen molar-refractivity contribution in [2.24, 2.45) is 0 Å². The Labute approximate surface area is 487 Å². The molecule has 4 aliphatic rings. The molecular formula is C84H56. The molecule has 14 aromatic carbocycles. The van der Waals surface area contributed by atoms with E-state index in [0.717, 1.165) is 0 Å². The molecular weight excluding hydrogens is 1010 g/mol. The minimum Gasteiger partial charge on any atom is -0.0622 e. The summed E-state index contributed by atoms with van der Waals surface area (Å²) in [7, 11) is 0. The number of hydrogen-bond donors (Lipinski definition) is 0. The van der Waals surface area contributed by atoms with Gasteiger partial charge >= 0.3 is 0 Å². The lowest BCUT2D eigenvalue weighted by Crippen LogP contribution is -2.15. The minimum atomic E-state index is -0.163. The lowest BCUT2D eigenvalue weighted by atomic mass is 9.80. The van der Waals surface area contributed by atoms with Gasteiger partial charge in [-0.1, -0.05) is 282 Å². The van der Waals surface area contributed by atoms with E-state index >= 15 is 0 Å². The molecule has 0 nitrogen and oxygen atoms in total. The van der Waals surface area contributed by atoms with Crippen molar-refractivity contribution in [1.29, 1.82) is 0 Å². The van der Waals surface area contributed by atoms with Crippen molar-refractivity contribution in [3.8, 4) is 89.0 Å². The van der Waals surface area contributed by atoms with Crippen molar-refractivity contribution in [3.05, 3.63) is 331 Å². The highest BCUT2D eigenvalue weighted by molar-refractivity contribution is 6.12. The fraction of sp³-hybridized carbons (Fsp3) is 0.0714. The molecule has 0 aliphatic heterocycles. The maximum absolute atomic E-state index is 2.55. The van der Waals surface area contributed by atoms with E-state index in [9.17, 15) is 0 Å². The van der Waals surface area contributed by atoms with Gasteiger partial charge < -0.3 is 0 Å². The average molecular weight is 1070 g/mol. The van der Waals surface area contributed by atoms with Crippen molar-refractivity contribution in [1.82, 2.24) is 0 Å². The molecule has 0 spiro atoms. The second-order valence-electron chi connectivity index (χ2n) is 24.8. The first-order valence-corrected chi connectivity index (χ1v) is 29.8. The topological polar surface area (TPSA) is 0 Å². The Hall–Kier alpha value is -10.1. The summed E-state index contributed by atoms with van der Waals surface area (Å²) in [6, 6.07) is 102. The summed E-state index contributed by atoms with van der Waals surface area (Å²) in [5.74, 6) is 0. The molecule has 0 saturated heterocycles. The maximum Gasteiger partial charge on any atom is 0.0159 e. The second kappa shape index (κ2) is 17.2. The monoisotopic (exact) mass is 1060 g/mol. The van der Waals surface area contributed by atoms with Gasteiger partial charge in [-0.05, 0) is 197 Å². The number of benzene rings is 14. The molecule has 0 heteroatoms. The second-order valence-corrected chi connectivity index (χ2v) is 24.8. The van der Waals surface area contributed by atoms with Crippen LogP contribution in [-0.2, 0) is 10.8 Å². The van der Waals surface area contributed by atoms with Gasteiger partial charge in [-0.2, -0.15) is 0 Å². The quantitative estimate of drug-likeness (QED) is 0.156. The summed E-state index contributed by atoms with van der Waals surface area (Å²) in [5.41, 5.74) is 25.6. The summed E-state index contributed by atoms with van der Waals surface area (Å²) in [6.45, 7) is 9.65. The Balaban J connectivity index is 1.06. The van der Waals surface area contributed by atoms with Crippen LogP contribution in [0.5, 0.6) is 0 Å². The van der Waals surface area contributed by atoms with E-state index in [1.54, 1.807) is 0 Å². The molecule has 0 atom stereocenters. The Bertz CT molecular complexity index is 5360. The molecule has 0 unspecified atom stereocenters. The highest BCUT2D eigenvalue weighted by Crippen LogP contribution is 2.54. The van der Waals surface area contributed by atoms with Crippen molar-refractivity contribution >= 4 is 32.3 Å². The molecule has 392 valence electrons. The standard InChI is InChI=1S/C84H56/c1-83(2)69-37-21-19-29-55(69)57-41-39-51(47-71(57)83)73-61-33-15-16-34-62(61)74(52-40-42-58-56-30-20-22-38-70(56)84(3,4)72(58)48-52)80-66-44-46-68-78-67(45-43-65(77(66)78)79(73)80)81-75(59-31-13-11-27-53(59)49-23-7-5-8-24-49)63-35-17-18-36-64(63)76(82(68)81)60-32-14-12-28-54(60)50-25-9-6-10-26-50/h5-48H,1-4H3. The third-order valence-corrected chi connectivity index (χ3v) is 20.0. The first-order chi connectivity index (χ1) is 41.3. The summed E-state index contributed by atoms with van der Waals surface area (Å²) in [4.78, 5) is 0. The lowest BCUT2D eigenvalue weighted by molar-refractivity contribution is 0.660. The fourth-order valence-electron chi connectivity index (χ4n) is 16.3. The van der Waals surface area contributed by atoms with Crippen LogP contribution in [0, 0.1) is 41.7 Å². The lowest BCUT2D eigenvalue weighted by Gasteiger charge is -2.23. The van der Waals surface area contributed by atoms with Gasteiger partial charge in [0.15, 0.2) is 0 Å². The van der Waals surface area contributed by atoms with Gasteiger partial charge in [-0.25, -0.2) is 0 Å². The van der Waals surface area contributed by atoms with Crippen LogP contribution < -0.4 is 0 Å². The Morgan fingerprint density at radius 2 is 0.488 bits per heavy atom. The zero-order valence-electron chi connectivity index (χ0n) is 47.4. The Morgan fingerprint density at radius 1 is 0.202 bits per heavy atom. The molecule has 0 aromatic heterocycles. The van der Waals surface area contributed by atoms with E-state index in [4.69, 9.17) is 0 Å². The predicted octanol–water partition coefficient (Wildman–Crippen LogP) is 21.5. The van der Waals surface area contributed by atoms with Crippen LogP contribution in [0.2, 0.25) is 0 Å². The number of hydrogen-bond acceptors (Lipinski definition) is 0. The van der Waals surface area contributed by atoms with E-state index in [1.165, 1.54) is 185 Å².